The van der Waals surface area contributed by atoms with E-state index >= 15 is 0 Å². The second kappa shape index (κ2) is 14.7. The highest BCUT2D eigenvalue weighted by atomic mass is 16.7. The molecule has 14 heteroatoms. The van der Waals surface area contributed by atoms with Gasteiger partial charge in [0.1, 0.15) is 42.7 Å². The first kappa shape index (κ1) is 43.4. The number of hydrogen-bond acceptors (Lipinski definition) is 13. The van der Waals surface area contributed by atoms with Crippen LogP contribution in [0.5, 0.6) is 0 Å². The number of carbonyl (C=O) groups excluding carboxylic acids is 1. The van der Waals surface area contributed by atoms with Crippen molar-refractivity contribution < 1.29 is 69.0 Å². The molecule has 7 N–H and O–H groups in total. The molecule has 2 heterocycles. The van der Waals surface area contributed by atoms with Crippen LogP contribution < -0.4 is 0 Å². The number of carboxylic acids is 1. The summed E-state index contributed by atoms with van der Waals surface area (Å²) in [5.41, 5.74) is 0.0788. The number of carboxylic acid groups (broad SMARTS) is 1. The molecular formula is C43H68O14. The van der Waals surface area contributed by atoms with Crippen LogP contribution in [0, 0.1) is 50.2 Å². The molecule has 14 nitrogen and oxygen atoms in total. The highest BCUT2D eigenvalue weighted by molar-refractivity contribution is 5.77. The highest BCUT2D eigenvalue weighted by Gasteiger charge is 2.70. The topological polar surface area (TPSA) is 222 Å². The molecule has 5 aliphatic carbocycles. The number of hydrogen-bond donors (Lipinski definition) is 7. The molecule has 0 amide bonds. The van der Waals surface area contributed by atoms with Gasteiger partial charge in [0, 0.05) is 0 Å². The number of methoxy groups -OCH3 is 1. The second-order valence-corrected chi connectivity index (χ2v) is 20.9. The minimum Gasteiger partial charge on any atom is -0.481 e. The van der Waals surface area contributed by atoms with Crippen molar-refractivity contribution in [2.24, 2.45) is 50.2 Å². The van der Waals surface area contributed by atoms with Crippen LogP contribution in [0.2, 0.25) is 0 Å². The Kier molecular flexibility index (Phi) is 11.2. The van der Waals surface area contributed by atoms with E-state index in [9.17, 15) is 45.3 Å². The molecule has 2 aliphatic heterocycles. The lowest BCUT2D eigenvalue weighted by molar-refractivity contribution is -0.365. The maximum atomic E-state index is 13.1. The summed E-state index contributed by atoms with van der Waals surface area (Å²) >= 11 is 0. The number of ether oxygens (including phenoxy) is 5. The molecule has 4 unspecified atom stereocenters. The fourth-order valence-corrected chi connectivity index (χ4v) is 13.8. The third-order valence-electron chi connectivity index (χ3n) is 17.4. The summed E-state index contributed by atoms with van der Waals surface area (Å²) in [4.78, 5) is 26.0. The van der Waals surface area contributed by atoms with Gasteiger partial charge in [-0.25, -0.2) is 4.79 Å². The summed E-state index contributed by atoms with van der Waals surface area (Å²) in [5.74, 6) is -0.993. The van der Waals surface area contributed by atoms with Gasteiger partial charge in [-0.15, -0.1) is 0 Å². The Hall–Kier alpha value is -1.72. The fraction of sp³-hybridized carbons (Fsp3) is 0.907. The van der Waals surface area contributed by atoms with Crippen molar-refractivity contribution in [2.75, 3.05) is 13.7 Å². The lowest BCUT2D eigenvalue weighted by Crippen LogP contribution is -2.67. The van der Waals surface area contributed by atoms with Gasteiger partial charge < -0.3 is 59.4 Å². The zero-order valence-corrected chi connectivity index (χ0v) is 34.9. The summed E-state index contributed by atoms with van der Waals surface area (Å²) < 4.78 is 28.9. The van der Waals surface area contributed by atoms with Crippen molar-refractivity contribution in [1.82, 2.24) is 0 Å². The van der Waals surface area contributed by atoms with E-state index in [1.165, 1.54) is 5.57 Å². The van der Waals surface area contributed by atoms with E-state index < -0.39 is 96.9 Å². The van der Waals surface area contributed by atoms with E-state index in [1.807, 2.05) is 0 Å². The Labute approximate surface area is 336 Å². The lowest BCUT2D eigenvalue weighted by Gasteiger charge is -2.71. The molecule has 2 saturated heterocycles. The van der Waals surface area contributed by atoms with Crippen molar-refractivity contribution in [3.63, 3.8) is 0 Å². The van der Waals surface area contributed by atoms with E-state index in [0.29, 0.717) is 18.8 Å². The molecule has 18 atom stereocenters. The van der Waals surface area contributed by atoms with Gasteiger partial charge in [0.05, 0.1) is 25.2 Å². The van der Waals surface area contributed by atoms with Gasteiger partial charge in [-0.05, 0) is 109 Å². The molecule has 324 valence electrons. The molecule has 0 spiro atoms. The summed E-state index contributed by atoms with van der Waals surface area (Å²) in [6.07, 6.45) is -6.08. The molecule has 0 radical (unpaired) electrons. The van der Waals surface area contributed by atoms with Crippen LogP contribution in [0.25, 0.3) is 0 Å². The van der Waals surface area contributed by atoms with Gasteiger partial charge in [-0.3, -0.25) is 4.79 Å². The predicted molar refractivity (Wildman–Crippen MR) is 203 cm³/mol. The van der Waals surface area contributed by atoms with Crippen LogP contribution in [-0.4, -0.2) is 129 Å². The number of aliphatic hydroxyl groups is 6. The Bertz CT molecular complexity index is 1580. The Balaban J connectivity index is 1.13. The third kappa shape index (κ3) is 6.48. The second-order valence-electron chi connectivity index (χ2n) is 20.9. The van der Waals surface area contributed by atoms with E-state index in [2.05, 4.69) is 54.5 Å². The highest BCUT2D eigenvalue weighted by Crippen LogP contribution is 2.76. The zero-order chi connectivity index (χ0) is 41.8. The molecule has 0 aromatic rings. The van der Waals surface area contributed by atoms with Crippen molar-refractivity contribution in [2.45, 2.75) is 180 Å². The van der Waals surface area contributed by atoms with Gasteiger partial charge >= 0.3 is 11.9 Å². The van der Waals surface area contributed by atoms with Crippen LogP contribution in [-0.2, 0) is 33.3 Å². The monoisotopic (exact) mass is 808 g/mol. The summed E-state index contributed by atoms with van der Waals surface area (Å²) in [6, 6.07) is 0. The Morgan fingerprint density at radius 1 is 0.772 bits per heavy atom. The first-order valence-electron chi connectivity index (χ1n) is 21.2. The van der Waals surface area contributed by atoms with Crippen LogP contribution in [0.4, 0.5) is 0 Å². The Morgan fingerprint density at radius 3 is 2.09 bits per heavy atom. The van der Waals surface area contributed by atoms with Gasteiger partial charge in [-0.2, -0.15) is 0 Å². The average molecular weight is 809 g/mol. The zero-order valence-electron chi connectivity index (χ0n) is 34.9. The molecule has 4 saturated carbocycles. The van der Waals surface area contributed by atoms with Crippen LogP contribution >= 0.6 is 0 Å². The first-order chi connectivity index (χ1) is 26.5. The molecule has 0 bridgehead atoms. The van der Waals surface area contributed by atoms with E-state index in [0.717, 1.165) is 58.5 Å². The van der Waals surface area contributed by atoms with Gasteiger partial charge in [0.15, 0.2) is 18.7 Å². The Morgan fingerprint density at radius 2 is 1.44 bits per heavy atom. The number of carbonyl (C=O) groups is 2. The number of rotatable bonds is 7. The molecule has 7 aliphatic rings. The SMILES string of the molecule is COC(=O)[C@H]1OC(O[C@H]2CC[C@@]3(C)C(CC[C@]4(C)C3CC=C3C5CC(C)(C)CC[C@]5(C(=O)O)CC[C@]34C)C2(C)C)[C@H](O)[C@@H](O[C@@H]2O[C@H](CO)[C@@H](O)[C@H](O)[C@H]2O)[C@@H]1O. The van der Waals surface area contributed by atoms with E-state index in [-0.39, 0.29) is 33.5 Å². The van der Waals surface area contributed by atoms with Crippen LogP contribution in [0.15, 0.2) is 11.6 Å². The number of allylic oxidation sites excluding steroid dienone is 2. The summed E-state index contributed by atoms with van der Waals surface area (Å²) in [7, 11) is 1.13. The molecule has 7 rings (SSSR count). The lowest BCUT2D eigenvalue weighted by atomic mass is 9.33. The summed E-state index contributed by atoms with van der Waals surface area (Å²) in [5, 5.41) is 74.6. The standard InChI is InChI=1S/C43H68O14/c1-38(2)15-17-43(37(51)52)18-16-41(6)21(22(43)19-38)9-10-25-40(5)13-12-26(39(3,4)24(40)11-14-42(25,41)7)55-36-31(49)32(30(48)33(57-36)34(50)53-8)56-35-29(47)28(46)27(45)23(20-44)54-35/h9,22-33,35-36,44-49H,10-20H2,1-8H3,(H,51,52)/t22?,23-,24?,25?,26+,27-,28+,29-,30+,31-,32+,33+,35+,36?,40+,41-,42-,43+/m1/s1. The normalized spacial score (nSPS) is 51.6. The maximum absolute atomic E-state index is 13.1. The number of aliphatic carboxylic acids is 1. The fourth-order valence-electron chi connectivity index (χ4n) is 13.8. The minimum absolute atomic E-state index is 0.0316. The van der Waals surface area contributed by atoms with E-state index in [4.69, 9.17) is 23.7 Å². The van der Waals surface area contributed by atoms with Gasteiger partial charge in [0.2, 0.25) is 0 Å². The van der Waals surface area contributed by atoms with E-state index in [1.54, 1.807) is 0 Å². The predicted octanol–water partition coefficient (Wildman–Crippen LogP) is 3.06. The largest absolute Gasteiger partial charge is 0.481 e. The first-order valence-corrected chi connectivity index (χ1v) is 21.2. The van der Waals surface area contributed by atoms with Crippen molar-refractivity contribution in [3.05, 3.63) is 11.6 Å². The summed E-state index contributed by atoms with van der Waals surface area (Å²) in [6.45, 7) is 15.6. The average Bonchev–Trinajstić information content (AvgIpc) is 3.14. The quantitative estimate of drug-likeness (QED) is 0.112. The van der Waals surface area contributed by atoms with Crippen LogP contribution in [0.3, 0.4) is 0 Å². The van der Waals surface area contributed by atoms with Crippen molar-refractivity contribution in [3.8, 4) is 0 Å². The number of fused-ring (bicyclic) bond motifs is 7. The van der Waals surface area contributed by atoms with Gasteiger partial charge in [0.25, 0.3) is 0 Å². The van der Waals surface area contributed by atoms with Crippen molar-refractivity contribution in [1.29, 1.82) is 0 Å². The number of esters is 1. The molecule has 0 aromatic carbocycles. The van der Waals surface area contributed by atoms with Gasteiger partial charge in [-0.1, -0.05) is 60.1 Å². The minimum atomic E-state index is -1.82. The third-order valence-corrected chi connectivity index (χ3v) is 17.4. The smallest absolute Gasteiger partial charge is 0.337 e. The van der Waals surface area contributed by atoms with Crippen LogP contribution in [0.1, 0.15) is 113 Å². The molecule has 6 fully saturated rings. The molecule has 0 aromatic heterocycles. The molecular weight excluding hydrogens is 740 g/mol. The van der Waals surface area contributed by atoms with Crippen molar-refractivity contribution >= 4 is 11.9 Å². The number of aliphatic hydroxyl groups excluding tert-OH is 6. The maximum Gasteiger partial charge on any atom is 0.337 e. The molecule has 57 heavy (non-hydrogen) atoms.